The van der Waals surface area contributed by atoms with Crippen molar-refractivity contribution in [2.24, 2.45) is 5.92 Å². The Morgan fingerprint density at radius 3 is 2.50 bits per heavy atom. The molecule has 3 N–H and O–H groups in total. The molecule has 4 atom stereocenters. The maximum Gasteiger partial charge on any atom is 0.407 e. The molecule has 2 bridgehead atoms. The quantitative estimate of drug-likeness (QED) is 0.581. The molecule has 0 spiro atoms. The van der Waals surface area contributed by atoms with Crippen LogP contribution in [0.5, 0.6) is 0 Å². The number of hydrogen-bond donors (Lipinski definition) is 3. The average Bonchev–Trinajstić information content (AvgIpc) is 2.64. The van der Waals surface area contributed by atoms with E-state index in [1.165, 1.54) is 4.90 Å². The Morgan fingerprint density at radius 2 is 2.00 bits per heavy atom. The third-order valence-corrected chi connectivity index (χ3v) is 3.48. The van der Waals surface area contributed by atoms with Gasteiger partial charge in [0.2, 0.25) is 0 Å². The lowest BCUT2D eigenvalue weighted by Gasteiger charge is -2.23. The molecule has 2 rings (SSSR count). The van der Waals surface area contributed by atoms with Crippen molar-refractivity contribution in [1.82, 2.24) is 4.90 Å². The van der Waals surface area contributed by atoms with Gasteiger partial charge < -0.3 is 15.3 Å². The first kappa shape index (κ1) is 9.73. The summed E-state index contributed by atoms with van der Waals surface area (Å²) in [5.41, 5.74) is 0. The van der Waals surface area contributed by atoms with Crippen molar-refractivity contribution in [3.63, 3.8) is 0 Å². The minimum atomic E-state index is -0.947. The van der Waals surface area contributed by atoms with Crippen LogP contribution in [-0.4, -0.2) is 51.1 Å². The predicted octanol–water partition coefficient (Wildman–Crippen LogP) is -0.130. The molecule has 14 heavy (non-hydrogen) atoms. The van der Waals surface area contributed by atoms with Crippen LogP contribution in [0.3, 0.4) is 0 Å². The molecule has 80 valence electrons. The van der Waals surface area contributed by atoms with Crippen LogP contribution in [0.25, 0.3) is 0 Å². The van der Waals surface area contributed by atoms with Crippen molar-refractivity contribution < 1.29 is 20.1 Å². The van der Waals surface area contributed by atoms with Crippen molar-refractivity contribution >= 4 is 6.09 Å². The maximum atomic E-state index is 10.9. The molecule has 2 heterocycles. The number of carboxylic acid groups (broad SMARTS) is 1. The van der Waals surface area contributed by atoms with Gasteiger partial charge in [-0.1, -0.05) is 0 Å². The Balaban J connectivity index is 2.15. The maximum absolute atomic E-state index is 10.9. The van der Waals surface area contributed by atoms with Crippen LogP contribution in [-0.2, 0) is 0 Å². The highest BCUT2D eigenvalue weighted by atomic mass is 16.4. The molecular formula is C9H15NO4. The van der Waals surface area contributed by atoms with Crippen LogP contribution in [0, 0.1) is 5.92 Å². The van der Waals surface area contributed by atoms with E-state index < -0.39 is 12.2 Å². The first-order chi connectivity index (χ1) is 6.66. The summed E-state index contributed by atoms with van der Waals surface area (Å²) in [5.74, 6) is -0.0742. The van der Waals surface area contributed by atoms with E-state index in [1.807, 2.05) is 0 Å². The molecule has 0 radical (unpaired) electrons. The third-order valence-electron chi connectivity index (χ3n) is 3.48. The zero-order valence-electron chi connectivity index (χ0n) is 7.83. The molecule has 2 aliphatic heterocycles. The normalized spacial score (nSPS) is 40.6. The second kappa shape index (κ2) is 3.40. The summed E-state index contributed by atoms with van der Waals surface area (Å²) in [4.78, 5) is 12.3. The monoisotopic (exact) mass is 201 g/mol. The molecule has 1 amide bonds. The van der Waals surface area contributed by atoms with E-state index in [-0.39, 0.29) is 24.6 Å². The Kier molecular flexibility index (Phi) is 2.36. The predicted molar refractivity (Wildman–Crippen MR) is 47.9 cm³/mol. The van der Waals surface area contributed by atoms with Gasteiger partial charge >= 0.3 is 6.09 Å². The van der Waals surface area contributed by atoms with Crippen LogP contribution in [0.1, 0.15) is 19.3 Å². The van der Waals surface area contributed by atoms with Gasteiger partial charge in [0.25, 0.3) is 0 Å². The number of amides is 1. The standard InChI is InChI=1S/C9H15NO4/c11-4-3-5-6-1-2-7(8(5)12)10(6)9(13)14/h5-8,11-12H,1-4H2,(H,13,14)/t5-,6+,7?,8-/m0/s1. The smallest absolute Gasteiger partial charge is 0.407 e. The van der Waals surface area contributed by atoms with Crippen molar-refractivity contribution in [3.8, 4) is 0 Å². The second-order valence-electron chi connectivity index (χ2n) is 4.07. The second-order valence-corrected chi connectivity index (χ2v) is 4.07. The number of hydrogen-bond acceptors (Lipinski definition) is 3. The van der Waals surface area contributed by atoms with E-state index >= 15 is 0 Å². The Bertz CT molecular complexity index is 245. The molecule has 0 aromatic carbocycles. The molecule has 0 aliphatic carbocycles. The van der Waals surface area contributed by atoms with Gasteiger partial charge in [-0.05, 0) is 19.3 Å². The van der Waals surface area contributed by atoms with E-state index in [9.17, 15) is 9.90 Å². The lowest BCUT2D eigenvalue weighted by Crippen LogP contribution is -2.36. The molecule has 5 nitrogen and oxygen atoms in total. The largest absolute Gasteiger partial charge is 0.465 e. The highest BCUT2D eigenvalue weighted by molar-refractivity contribution is 5.67. The van der Waals surface area contributed by atoms with E-state index in [4.69, 9.17) is 10.2 Å². The lowest BCUT2D eigenvalue weighted by atomic mass is 9.84. The fraction of sp³-hybridized carbons (Fsp3) is 0.889. The molecule has 1 unspecified atom stereocenters. The van der Waals surface area contributed by atoms with E-state index in [2.05, 4.69) is 0 Å². The van der Waals surface area contributed by atoms with Crippen LogP contribution in [0.4, 0.5) is 4.79 Å². The summed E-state index contributed by atoms with van der Waals surface area (Å²) in [6, 6.07) is -0.325. The number of aliphatic hydroxyl groups excluding tert-OH is 2. The average molecular weight is 201 g/mol. The van der Waals surface area contributed by atoms with Crippen molar-refractivity contribution in [1.29, 1.82) is 0 Å². The van der Waals surface area contributed by atoms with Gasteiger partial charge in [0.15, 0.2) is 0 Å². The SMILES string of the molecule is O=C(O)N1C2CC[C@@H]1[C@H](CCO)[C@@H]2O. The summed E-state index contributed by atoms with van der Waals surface area (Å²) in [6.07, 6.45) is 0.527. The van der Waals surface area contributed by atoms with Gasteiger partial charge in [0.1, 0.15) is 0 Å². The summed E-state index contributed by atoms with van der Waals surface area (Å²) in [6.45, 7) is 0.0123. The molecule has 2 fully saturated rings. The van der Waals surface area contributed by atoms with Gasteiger partial charge in [-0.15, -0.1) is 0 Å². The van der Waals surface area contributed by atoms with E-state index in [1.54, 1.807) is 0 Å². The minimum absolute atomic E-state index is 0.0123. The number of carbonyl (C=O) groups is 1. The van der Waals surface area contributed by atoms with E-state index in [0.29, 0.717) is 6.42 Å². The first-order valence-corrected chi connectivity index (χ1v) is 4.97. The van der Waals surface area contributed by atoms with Gasteiger partial charge in [-0.2, -0.15) is 0 Å². The number of aliphatic hydroxyl groups is 2. The summed E-state index contributed by atoms with van der Waals surface area (Å²) in [7, 11) is 0. The Morgan fingerprint density at radius 1 is 1.36 bits per heavy atom. The zero-order valence-corrected chi connectivity index (χ0v) is 7.83. The van der Waals surface area contributed by atoms with Crippen molar-refractivity contribution in [2.45, 2.75) is 37.5 Å². The van der Waals surface area contributed by atoms with Crippen molar-refractivity contribution in [3.05, 3.63) is 0 Å². The molecule has 0 aromatic rings. The molecule has 2 aliphatic rings. The lowest BCUT2D eigenvalue weighted by molar-refractivity contribution is 0.0732. The topological polar surface area (TPSA) is 81.0 Å². The molecule has 0 aromatic heterocycles. The fourth-order valence-electron chi connectivity index (χ4n) is 2.93. The van der Waals surface area contributed by atoms with Gasteiger partial charge in [0, 0.05) is 18.6 Å². The van der Waals surface area contributed by atoms with Crippen LogP contribution in [0.2, 0.25) is 0 Å². The van der Waals surface area contributed by atoms with Gasteiger partial charge in [-0.25, -0.2) is 4.79 Å². The molecule has 2 saturated heterocycles. The number of nitrogens with zero attached hydrogens (tertiary/aromatic N) is 1. The molecule has 5 heteroatoms. The molecular weight excluding hydrogens is 186 g/mol. The van der Waals surface area contributed by atoms with Crippen LogP contribution < -0.4 is 0 Å². The zero-order chi connectivity index (χ0) is 10.3. The van der Waals surface area contributed by atoms with Crippen LogP contribution in [0.15, 0.2) is 0 Å². The Labute approximate surface area is 82.0 Å². The summed E-state index contributed by atoms with van der Waals surface area (Å²) >= 11 is 0. The molecule has 0 saturated carbocycles. The number of fused-ring (bicyclic) bond motifs is 2. The highest BCUT2D eigenvalue weighted by Gasteiger charge is 2.54. The minimum Gasteiger partial charge on any atom is -0.465 e. The number of rotatable bonds is 2. The van der Waals surface area contributed by atoms with Crippen molar-refractivity contribution in [2.75, 3.05) is 6.61 Å². The third kappa shape index (κ3) is 1.19. The van der Waals surface area contributed by atoms with Gasteiger partial charge in [0.05, 0.1) is 12.1 Å². The van der Waals surface area contributed by atoms with E-state index in [0.717, 1.165) is 12.8 Å². The first-order valence-electron chi connectivity index (χ1n) is 4.97. The van der Waals surface area contributed by atoms with Crippen LogP contribution >= 0.6 is 0 Å². The summed E-state index contributed by atoms with van der Waals surface area (Å²) in [5, 5.41) is 27.6. The fourth-order valence-corrected chi connectivity index (χ4v) is 2.93. The summed E-state index contributed by atoms with van der Waals surface area (Å²) < 4.78 is 0. The highest BCUT2D eigenvalue weighted by Crippen LogP contribution is 2.43. The van der Waals surface area contributed by atoms with Gasteiger partial charge in [-0.3, -0.25) is 4.90 Å². The Hall–Kier alpha value is -0.810.